The molecule has 0 unspecified atom stereocenters. The molecule has 1 heterocycles. The van der Waals surface area contributed by atoms with Gasteiger partial charge in [-0.15, -0.1) is 23.4 Å². The molecule has 1 N–H and O–H groups in total. The molecule has 0 aliphatic heterocycles. The predicted molar refractivity (Wildman–Crippen MR) is 90.9 cm³/mol. The van der Waals surface area contributed by atoms with Crippen molar-refractivity contribution in [3.05, 3.63) is 25.3 Å². The number of carbonyl (C=O) groups is 1. The Morgan fingerprint density at radius 1 is 1.38 bits per heavy atom. The quantitative estimate of drug-likeness (QED) is 0.529. The highest BCUT2D eigenvalue weighted by Gasteiger charge is 2.13. The van der Waals surface area contributed by atoms with E-state index >= 15 is 0 Å². The summed E-state index contributed by atoms with van der Waals surface area (Å²) in [6.07, 6.45) is 3.43. The molecule has 1 rings (SSSR count). The van der Waals surface area contributed by atoms with Crippen LogP contribution in [0.25, 0.3) is 0 Å². The van der Waals surface area contributed by atoms with E-state index < -0.39 is 0 Å². The number of aromatic nitrogens is 2. The number of nitrogens with zero attached hydrogens (tertiary/aromatic N) is 3. The minimum atomic E-state index is 0.0479. The number of carbonyl (C=O) groups excluding carboxylic acids is 1. The van der Waals surface area contributed by atoms with Crippen LogP contribution in [0, 0.1) is 5.92 Å². The molecular formula is C14H22N4OS2. The average Bonchev–Trinajstić information content (AvgIpc) is 2.90. The van der Waals surface area contributed by atoms with Crippen molar-refractivity contribution in [2.45, 2.75) is 18.2 Å². The van der Waals surface area contributed by atoms with Crippen molar-refractivity contribution in [1.82, 2.24) is 15.1 Å². The number of rotatable bonds is 10. The lowest BCUT2D eigenvalue weighted by Crippen LogP contribution is -2.32. The van der Waals surface area contributed by atoms with Crippen LogP contribution in [0.4, 0.5) is 5.13 Å². The zero-order valence-corrected chi connectivity index (χ0v) is 14.2. The van der Waals surface area contributed by atoms with Crippen molar-refractivity contribution >= 4 is 34.1 Å². The van der Waals surface area contributed by atoms with E-state index in [9.17, 15) is 4.79 Å². The lowest BCUT2D eigenvalue weighted by atomic mass is 10.2. The Bertz CT molecular complexity index is 463. The molecule has 0 saturated carbocycles. The van der Waals surface area contributed by atoms with Gasteiger partial charge < -0.3 is 10.2 Å². The first-order valence-corrected chi connectivity index (χ1v) is 8.56. The third-order valence-corrected chi connectivity index (χ3v) is 4.44. The number of nitrogens with one attached hydrogen (secondary N) is 1. The lowest BCUT2D eigenvalue weighted by Gasteiger charge is -2.18. The monoisotopic (exact) mass is 326 g/mol. The van der Waals surface area contributed by atoms with Gasteiger partial charge in [0.15, 0.2) is 4.34 Å². The summed E-state index contributed by atoms with van der Waals surface area (Å²) in [5, 5.41) is 12.2. The minimum Gasteiger partial charge on any atom is -0.360 e. The Morgan fingerprint density at radius 3 is 2.62 bits per heavy atom. The van der Waals surface area contributed by atoms with Crippen molar-refractivity contribution < 1.29 is 4.79 Å². The van der Waals surface area contributed by atoms with Crippen LogP contribution in [-0.2, 0) is 4.79 Å². The second-order valence-corrected chi connectivity index (χ2v) is 7.01. The molecule has 0 saturated heterocycles. The zero-order valence-electron chi connectivity index (χ0n) is 12.5. The van der Waals surface area contributed by atoms with Gasteiger partial charge in [0, 0.05) is 19.6 Å². The number of anilines is 1. The highest BCUT2D eigenvalue weighted by atomic mass is 32.2. The first-order chi connectivity index (χ1) is 10.1. The second kappa shape index (κ2) is 9.57. The van der Waals surface area contributed by atoms with E-state index in [4.69, 9.17) is 0 Å². The van der Waals surface area contributed by atoms with Gasteiger partial charge in [0.25, 0.3) is 0 Å². The Hall–Kier alpha value is -1.34. The maximum Gasteiger partial charge on any atom is 0.233 e. The fourth-order valence-corrected chi connectivity index (χ4v) is 3.10. The molecule has 116 valence electrons. The maximum atomic E-state index is 12.1. The molecule has 0 aliphatic rings. The number of hydrogen-bond acceptors (Lipinski definition) is 6. The smallest absolute Gasteiger partial charge is 0.233 e. The molecule has 7 heteroatoms. The fourth-order valence-electron chi connectivity index (χ4n) is 1.44. The van der Waals surface area contributed by atoms with Crippen molar-refractivity contribution in [2.75, 3.05) is 30.7 Å². The first kappa shape index (κ1) is 17.7. The summed E-state index contributed by atoms with van der Waals surface area (Å²) in [5.41, 5.74) is 0. The molecule has 1 aromatic heterocycles. The highest BCUT2D eigenvalue weighted by Crippen LogP contribution is 2.25. The molecule has 0 aromatic carbocycles. The van der Waals surface area contributed by atoms with Gasteiger partial charge in [-0.2, -0.15) is 0 Å². The van der Waals surface area contributed by atoms with Crippen LogP contribution in [0.1, 0.15) is 13.8 Å². The molecule has 5 nitrogen and oxygen atoms in total. The van der Waals surface area contributed by atoms with Crippen LogP contribution < -0.4 is 5.32 Å². The van der Waals surface area contributed by atoms with Crippen molar-refractivity contribution in [2.24, 2.45) is 5.92 Å². The van der Waals surface area contributed by atoms with E-state index in [1.807, 2.05) is 0 Å². The SMILES string of the molecule is C=CCN(CC=C)C(=O)CSc1nnc(NCC(C)C)s1. The summed E-state index contributed by atoms with van der Waals surface area (Å²) < 4.78 is 0.798. The molecule has 0 atom stereocenters. The van der Waals surface area contributed by atoms with Gasteiger partial charge in [-0.25, -0.2) is 0 Å². The van der Waals surface area contributed by atoms with Crippen LogP contribution in [0.5, 0.6) is 0 Å². The summed E-state index contributed by atoms with van der Waals surface area (Å²) in [6.45, 7) is 13.5. The molecule has 0 aliphatic carbocycles. The van der Waals surface area contributed by atoms with Gasteiger partial charge in [0.1, 0.15) is 0 Å². The van der Waals surface area contributed by atoms with Crippen LogP contribution in [0.3, 0.4) is 0 Å². The molecule has 0 radical (unpaired) electrons. The molecule has 1 amide bonds. The van der Waals surface area contributed by atoms with E-state index in [1.165, 1.54) is 23.1 Å². The normalized spacial score (nSPS) is 10.4. The van der Waals surface area contributed by atoms with Crippen LogP contribution in [0.15, 0.2) is 29.6 Å². The third kappa shape index (κ3) is 6.77. The van der Waals surface area contributed by atoms with E-state index in [0.717, 1.165) is 16.0 Å². The maximum absolute atomic E-state index is 12.1. The molecule has 0 fully saturated rings. The number of thioether (sulfide) groups is 1. The van der Waals surface area contributed by atoms with Crippen molar-refractivity contribution in [3.8, 4) is 0 Å². The van der Waals surface area contributed by atoms with Crippen LogP contribution in [-0.4, -0.2) is 46.4 Å². The summed E-state index contributed by atoms with van der Waals surface area (Å²) in [5.74, 6) is 0.949. The fraction of sp³-hybridized carbons (Fsp3) is 0.500. The van der Waals surface area contributed by atoms with E-state index in [2.05, 4.69) is 42.5 Å². The van der Waals surface area contributed by atoms with E-state index in [0.29, 0.717) is 24.8 Å². The topological polar surface area (TPSA) is 58.1 Å². The number of hydrogen-bond donors (Lipinski definition) is 1. The van der Waals surface area contributed by atoms with Gasteiger partial charge in [0.2, 0.25) is 11.0 Å². The first-order valence-electron chi connectivity index (χ1n) is 6.76. The van der Waals surface area contributed by atoms with Gasteiger partial charge in [-0.3, -0.25) is 4.79 Å². The van der Waals surface area contributed by atoms with Crippen molar-refractivity contribution in [3.63, 3.8) is 0 Å². The summed E-state index contributed by atoms with van der Waals surface area (Å²) in [4.78, 5) is 13.8. The van der Waals surface area contributed by atoms with Gasteiger partial charge in [-0.1, -0.05) is 49.1 Å². The van der Waals surface area contributed by atoms with Gasteiger partial charge in [0.05, 0.1) is 5.75 Å². The molecule has 21 heavy (non-hydrogen) atoms. The minimum absolute atomic E-state index is 0.0479. The van der Waals surface area contributed by atoms with Crippen LogP contribution >= 0.6 is 23.1 Å². The molecule has 0 spiro atoms. The molecule has 1 aromatic rings. The summed E-state index contributed by atoms with van der Waals surface area (Å²) in [7, 11) is 0. The molecule has 0 bridgehead atoms. The Morgan fingerprint density at radius 2 is 2.05 bits per heavy atom. The molecular weight excluding hydrogens is 304 g/mol. The van der Waals surface area contributed by atoms with E-state index in [1.54, 1.807) is 17.1 Å². The second-order valence-electron chi connectivity index (χ2n) is 4.81. The third-order valence-electron chi connectivity index (χ3n) is 2.44. The van der Waals surface area contributed by atoms with Crippen LogP contribution in [0.2, 0.25) is 0 Å². The zero-order chi connectivity index (χ0) is 15.7. The highest BCUT2D eigenvalue weighted by molar-refractivity contribution is 8.01. The predicted octanol–water partition coefficient (Wildman–Crippen LogP) is 2.90. The Kier molecular flexibility index (Phi) is 8.07. The standard InChI is InChI=1S/C14H22N4OS2/c1-5-7-18(8-6-2)12(19)10-20-14-17-16-13(21-14)15-9-11(3)4/h5-6,11H,1-2,7-10H2,3-4H3,(H,15,16). The summed E-state index contributed by atoms with van der Waals surface area (Å²) >= 11 is 2.88. The van der Waals surface area contributed by atoms with Gasteiger partial charge >= 0.3 is 0 Å². The van der Waals surface area contributed by atoms with E-state index in [-0.39, 0.29) is 5.91 Å². The summed E-state index contributed by atoms with van der Waals surface area (Å²) in [6, 6.07) is 0. The van der Waals surface area contributed by atoms with Crippen molar-refractivity contribution in [1.29, 1.82) is 0 Å². The number of amides is 1. The lowest BCUT2D eigenvalue weighted by molar-refractivity contribution is -0.127. The van der Waals surface area contributed by atoms with Gasteiger partial charge in [-0.05, 0) is 5.92 Å². The average molecular weight is 326 g/mol. The Labute approximate surface area is 134 Å². The largest absolute Gasteiger partial charge is 0.360 e. The Balaban J connectivity index is 2.44.